The van der Waals surface area contributed by atoms with Crippen LogP contribution in [0.1, 0.15) is 10.4 Å². The van der Waals surface area contributed by atoms with E-state index in [9.17, 15) is 25.0 Å². The second kappa shape index (κ2) is 4.52. The molecule has 0 spiro atoms. The maximum absolute atomic E-state index is 11.1. The monoisotopic (exact) mass is 267 g/mol. The Kier molecular flexibility index (Phi) is 3.03. The van der Waals surface area contributed by atoms with Crippen LogP contribution in [0.25, 0.3) is 0 Å². The minimum Gasteiger partial charge on any atom is -0.489 e. The molecular weight excluding hydrogens is 258 g/mol. The number of aldehydes is 1. The maximum atomic E-state index is 11.1. The van der Waals surface area contributed by atoms with E-state index in [1.165, 1.54) is 4.90 Å². The largest absolute Gasteiger partial charge is 0.489 e. The van der Waals surface area contributed by atoms with Crippen molar-refractivity contribution in [2.45, 2.75) is 0 Å². The van der Waals surface area contributed by atoms with Crippen LogP contribution in [0.3, 0.4) is 0 Å². The van der Waals surface area contributed by atoms with Crippen LogP contribution in [0, 0.1) is 20.2 Å². The lowest BCUT2D eigenvalue weighted by Gasteiger charge is -2.27. The van der Waals surface area contributed by atoms with Crippen molar-refractivity contribution in [1.82, 2.24) is 0 Å². The normalized spacial score (nSPS) is 13.4. The molecule has 0 bridgehead atoms. The quantitative estimate of drug-likeness (QED) is 0.458. The van der Waals surface area contributed by atoms with Gasteiger partial charge in [0.15, 0.2) is 23.3 Å². The average molecular weight is 267 g/mol. The van der Waals surface area contributed by atoms with Gasteiger partial charge in [0, 0.05) is 7.05 Å². The first kappa shape index (κ1) is 12.7. The Morgan fingerprint density at radius 2 is 2.05 bits per heavy atom. The number of carbonyl (C=O) groups excluding carboxylic acids is 1. The number of carbonyl (C=O) groups is 1. The molecule has 2 rings (SSSR count). The van der Waals surface area contributed by atoms with Crippen LogP contribution in [0.2, 0.25) is 0 Å². The molecule has 0 N–H and O–H groups in total. The number of fused-ring (bicyclic) bond motifs is 1. The van der Waals surface area contributed by atoms with E-state index >= 15 is 0 Å². The molecular formula is C10H9N3O6. The van der Waals surface area contributed by atoms with Gasteiger partial charge in [0.05, 0.1) is 22.5 Å². The minimum absolute atomic E-state index is 0.0396. The SMILES string of the molecule is CN1CCOc2cc([N+](=O)[O-])c(C=O)c([N+](=O)[O-])c21. The van der Waals surface area contributed by atoms with E-state index in [0.717, 1.165) is 6.07 Å². The van der Waals surface area contributed by atoms with E-state index in [1.807, 2.05) is 0 Å². The Labute approximate surface area is 106 Å². The number of nitro benzene ring substituents is 2. The zero-order valence-electron chi connectivity index (χ0n) is 9.86. The summed E-state index contributed by atoms with van der Waals surface area (Å²) in [6.07, 6.45) is 0.124. The number of rotatable bonds is 3. The number of ether oxygens (including phenoxy) is 1. The molecule has 19 heavy (non-hydrogen) atoms. The number of likely N-dealkylation sites (N-methyl/N-ethyl adjacent to an activating group) is 1. The Balaban J connectivity index is 2.85. The van der Waals surface area contributed by atoms with Gasteiger partial charge in [-0.2, -0.15) is 0 Å². The zero-order valence-corrected chi connectivity index (χ0v) is 9.86. The van der Waals surface area contributed by atoms with Crippen molar-refractivity contribution in [2.75, 3.05) is 25.1 Å². The highest BCUT2D eigenvalue weighted by Crippen LogP contribution is 2.45. The Bertz CT molecular complexity index is 585. The molecule has 1 aliphatic rings. The number of nitrogens with zero attached hydrogens (tertiary/aromatic N) is 3. The fourth-order valence-corrected chi connectivity index (χ4v) is 1.97. The van der Waals surface area contributed by atoms with Crippen LogP contribution in [0.15, 0.2) is 6.07 Å². The fraction of sp³-hybridized carbons (Fsp3) is 0.300. The lowest BCUT2D eigenvalue weighted by Crippen LogP contribution is -2.30. The van der Waals surface area contributed by atoms with Gasteiger partial charge < -0.3 is 9.64 Å². The average Bonchev–Trinajstić information content (AvgIpc) is 2.36. The van der Waals surface area contributed by atoms with E-state index in [2.05, 4.69) is 0 Å². The smallest absolute Gasteiger partial charge is 0.313 e. The van der Waals surface area contributed by atoms with Crippen LogP contribution < -0.4 is 9.64 Å². The summed E-state index contributed by atoms with van der Waals surface area (Å²) in [6, 6.07) is 1.04. The molecule has 0 atom stereocenters. The van der Waals surface area contributed by atoms with Crippen molar-refractivity contribution < 1.29 is 19.4 Å². The van der Waals surface area contributed by atoms with Crippen LogP contribution in [0.4, 0.5) is 17.1 Å². The highest BCUT2D eigenvalue weighted by Gasteiger charge is 2.35. The second-order valence-electron chi connectivity index (χ2n) is 3.91. The second-order valence-corrected chi connectivity index (χ2v) is 3.91. The van der Waals surface area contributed by atoms with Crippen LogP contribution in [0.5, 0.6) is 5.75 Å². The van der Waals surface area contributed by atoms with Crippen molar-refractivity contribution in [3.05, 3.63) is 31.9 Å². The highest BCUT2D eigenvalue weighted by atomic mass is 16.6. The van der Waals surface area contributed by atoms with E-state index < -0.39 is 26.8 Å². The molecule has 0 saturated carbocycles. The van der Waals surface area contributed by atoms with Gasteiger partial charge in [-0.25, -0.2) is 0 Å². The predicted octanol–water partition coefficient (Wildman–Crippen LogP) is 1.14. The summed E-state index contributed by atoms with van der Waals surface area (Å²) in [4.78, 5) is 32.9. The number of hydrogen-bond donors (Lipinski definition) is 0. The molecule has 1 aromatic rings. The predicted molar refractivity (Wildman–Crippen MR) is 63.9 cm³/mol. The van der Waals surface area contributed by atoms with Gasteiger partial charge in [0.2, 0.25) is 0 Å². The molecule has 0 unspecified atom stereocenters. The van der Waals surface area contributed by atoms with Crippen molar-refractivity contribution in [3.8, 4) is 5.75 Å². The molecule has 0 amide bonds. The van der Waals surface area contributed by atoms with Crippen LogP contribution >= 0.6 is 0 Å². The molecule has 1 aliphatic heterocycles. The third-order valence-electron chi connectivity index (χ3n) is 2.82. The lowest BCUT2D eigenvalue weighted by molar-refractivity contribution is -0.394. The summed E-state index contributed by atoms with van der Waals surface area (Å²) < 4.78 is 5.21. The van der Waals surface area contributed by atoms with E-state index in [1.54, 1.807) is 7.05 Å². The third kappa shape index (κ3) is 1.94. The summed E-state index contributed by atoms with van der Waals surface area (Å²) in [5, 5.41) is 22.0. The Hall–Kier alpha value is -2.71. The first-order chi connectivity index (χ1) is 8.97. The summed E-state index contributed by atoms with van der Waals surface area (Å²) in [7, 11) is 1.59. The first-order valence-corrected chi connectivity index (χ1v) is 5.26. The Morgan fingerprint density at radius 1 is 1.37 bits per heavy atom. The maximum Gasteiger partial charge on any atom is 0.313 e. The van der Waals surface area contributed by atoms with Gasteiger partial charge >= 0.3 is 5.69 Å². The van der Waals surface area contributed by atoms with Crippen molar-refractivity contribution in [2.24, 2.45) is 0 Å². The van der Waals surface area contributed by atoms with Crippen molar-refractivity contribution >= 4 is 23.3 Å². The fourth-order valence-electron chi connectivity index (χ4n) is 1.97. The minimum atomic E-state index is -0.838. The molecule has 1 aromatic carbocycles. The molecule has 0 radical (unpaired) electrons. The number of benzene rings is 1. The highest BCUT2D eigenvalue weighted by molar-refractivity contribution is 5.95. The first-order valence-electron chi connectivity index (χ1n) is 5.26. The summed E-state index contributed by atoms with van der Waals surface area (Å²) >= 11 is 0. The van der Waals surface area contributed by atoms with Gasteiger partial charge in [0.25, 0.3) is 5.69 Å². The molecule has 9 nitrogen and oxygen atoms in total. The van der Waals surface area contributed by atoms with Crippen LogP contribution in [-0.4, -0.2) is 36.3 Å². The van der Waals surface area contributed by atoms with E-state index in [-0.39, 0.29) is 24.3 Å². The van der Waals surface area contributed by atoms with Gasteiger partial charge in [-0.15, -0.1) is 0 Å². The van der Waals surface area contributed by atoms with Crippen molar-refractivity contribution in [1.29, 1.82) is 0 Å². The lowest BCUT2D eigenvalue weighted by atomic mass is 10.1. The number of nitro groups is 2. The molecule has 0 aliphatic carbocycles. The molecule has 0 saturated heterocycles. The summed E-state index contributed by atoms with van der Waals surface area (Å²) in [5.41, 5.74) is -1.69. The number of anilines is 1. The van der Waals surface area contributed by atoms with Crippen molar-refractivity contribution in [3.63, 3.8) is 0 Å². The van der Waals surface area contributed by atoms with Gasteiger partial charge in [-0.1, -0.05) is 0 Å². The number of hydrogen-bond acceptors (Lipinski definition) is 7. The van der Waals surface area contributed by atoms with Gasteiger partial charge in [-0.05, 0) is 0 Å². The standard InChI is InChI=1S/C10H9N3O6/c1-11-2-3-19-8-4-7(12(15)16)6(5-14)9(10(8)11)13(17)18/h4-5H,2-3H2,1H3. The molecule has 9 heteroatoms. The van der Waals surface area contributed by atoms with Gasteiger partial charge in [-0.3, -0.25) is 25.0 Å². The topological polar surface area (TPSA) is 116 Å². The molecule has 0 fully saturated rings. The summed E-state index contributed by atoms with van der Waals surface area (Å²) in [5.74, 6) is 0.0396. The van der Waals surface area contributed by atoms with Gasteiger partial charge in [0.1, 0.15) is 6.61 Å². The molecule has 100 valence electrons. The molecule has 1 heterocycles. The third-order valence-corrected chi connectivity index (χ3v) is 2.82. The summed E-state index contributed by atoms with van der Waals surface area (Å²) in [6.45, 7) is 0.655. The van der Waals surface area contributed by atoms with E-state index in [0.29, 0.717) is 6.54 Å². The Morgan fingerprint density at radius 3 is 2.58 bits per heavy atom. The van der Waals surface area contributed by atoms with Crippen LogP contribution in [-0.2, 0) is 0 Å². The van der Waals surface area contributed by atoms with E-state index in [4.69, 9.17) is 4.74 Å². The molecule has 0 aromatic heterocycles. The zero-order chi connectivity index (χ0) is 14.2.